The van der Waals surface area contributed by atoms with Crippen molar-refractivity contribution in [1.29, 1.82) is 0 Å². The van der Waals surface area contributed by atoms with Gasteiger partial charge in [0.2, 0.25) is 0 Å². The molecule has 3 aliphatic carbocycles. The number of nitrogens with two attached hydrogens (primary N) is 1. The van der Waals surface area contributed by atoms with Gasteiger partial charge < -0.3 is 55.2 Å². The molecular formula is C54H58N2O15. The zero-order valence-corrected chi connectivity index (χ0v) is 39.8. The van der Waals surface area contributed by atoms with E-state index in [1.807, 2.05) is 0 Å². The summed E-state index contributed by atoms with van der Waals surface area (Å²) in [7, 11) is 0. The summed E-state index contributed by atoms with van der Waals surface area (Å²) in [5.41, 5.74) is -1.11. The van der Waals surface area contributed by atoms with Gasteiger partial charge in [0.1, 0.15) is 36.1 Å². The molecule has 0 radical (unpaired) electrons. The highest BCUT2D eigenvalue weighted by molar-refractivity contribution is 5.96. The lowest BCUT2D eigenvalue weighted by atomic mass is 9.44. The summed E-state index contributed by atoms with van der Waals surface area (Å²) < 4.78 is 30.9. The van der Waals surface area contributed by atoms with Crippen LogP contribution in [0.1, 0.15) is 91.4 Å². The molecule has 2 saturated carbocycles. The van der Waals surface area contributed by atoms with E-state index in [4.69, 9.17) is 29.4 Å². The van der Waals surface area contributed by atoms with Crippen LogP contribution in [0.15, 0.2) is 132 Å². The van der Waals surface area contributed by atoms with Crippen molar-refractivity contribution in [3.05, 3.63) is 155 Å². The van der Waals surface area contributed by atoms with E-state index < -0.39 is 131 Å². The average molecular weight is 975 g/mol. The molecule has 0 aromatic heterocycles. The number of nitrogens with one attached hydrogen (secondary N) is 1. The number of ether oxygens (including phenoxy) is 5. The summed E-state index contributed by atoms with van der Waals surface area (Å²) in [4.78, 5) is 85.6. The number of hydrogen-bond donors (Lipinski definition) is 6. The molecule has 17 heteroatoms. The summed E-state index contributed by atoms with van der Waals surface area (Å²) in [6, 6.07) is 29.6. The Bertz CT molecular complexity index is 2700. The van der Waals surface area contributed by atoms with Gasteiger partial charge in [-0.15, -0.1) is 0 Å². The third-order valence-electron chi connectivity index (χ3n) is 15.2. The van der Waals surface area contributed by atoms with Crippen LogP contribution < -0.4 is 11.1 Å². The lowest BCUT2D eigenvalue weighted by molar-refractivity contribution is -0.346. The van der Waals surface area contributed by atoms with Gasteiger partial charge in [0.05, 0.1) is 35.6 Å². The molecule has 374 valence electrons. The predicted octanol–water partition coefficient (Wildman–Crippen LogP) is 3.78. The van der Waals surface area contributed by atoms with E-state index in [2.05, 4.69) is 5.32 Å². The number of Topliss-reactive ketones (excluding diaryl/α,β-unsaturated/α-hetero) is 1. The van der Waals surface area contributed by atoms with Crippen molar-refractivity contribution in [3.63, 3.8) is 0 Å². The highest BCUT2D eigenvalue weighted by Gasteiger charge is 2.79. The molecule has 1 amide bonds. The first-order chi connectivity index (χ1) is 33.7. The first-order valence-corrected chi connectivity index (χ1v) is 23.4. The van der Waals surface area contributed by atoms with Gasteiger partial charge >= 0.3 is 23.9 Å². The first kappa shape index (κ1) is 50.8. The molecule has 1 saturated heterocycles. The Morgan fingerprint density at radius 2 is 1.30 bits per heavy atom. The molecule has 7 N–H and O–H groups in total. The Kier molecular flexibility index (Phi) is 14.0. The minimum absolute atomic E-state index is 0.0159. The number of aliphatic hydroxyl groups excluding tert-OH is 3. The highest BCUT2D eigenvalue weighted by atomic mass is 16.6. The number of rotatable bonds is 13. The van der Waals surface area contributed by atoms with Crippen LogP contribution in [-0.4, -0.2) is 117 Å². The second-order valence-corrected chi connectivity index (χ2v) is 19.6. The van der Waals surface area contributed by atoms with Gasteiger partial charge in [-0.1, -0.05) is 111 Å². The van der Waals surface area contributed by atoms with Crippen LogP contribution >= 0.6 is 0 Å². The molecular weight excluding hydrogens is 917 g/mol. The fourth-order valence-electron chi connectivity index (χ4n) is 11.3. The first-order valence-electron chi connectivity index (χ1n) is 23.4. The summed E-state index contributed by atoms with van der Waals surface area (Å²) >= 11 is 0. The number of amides is 1. The number of benzene rings is 4. The van der Waals surface area contributed by atoms with Crippen LogP contribution in [0.3, 0.4) is 0 Å². The van der Waals surface area contributed by atoms with Gasteiger partial charge in [0.25, 0.3) is 5.91 Å². The van der Waals surface area contributed by atoms with Crippen LogP contribution in [0, 0.1) is 16.7 Å². The SMILES string of the molecule is CC(=O)O[C@@]12CO[C@@H]1C[C@H](OC(=O)C(O)C(N)c1ccccc1)[C@@]1(C)C(=O)[C@H](O)C3=C(C)[C@@H](OC(=O)[C@H](O)[C@@H](NC(=O)c4ccccc4)c4ccccc4)C[C@@](O)([C@@H](OC(=O)c4ccccc4)C12)C3(C)C. The maximum Gasteiger partial charge on any atom is 0.338 e. The van der Waals surface area contributed by atoms with Crippen LogP contribution in [0.2, 0.25) is 0 Å². The standard InChI is InChI=1S/C54H58N2O15/c1-29-35(68-50(65)43(60)40(32-20-12-7-13-21-32)56-47(62)33-22-14-8-15-23-33)27-54(66)46(70-48(63)34-24-16-9-17-25-34)44-52(5,45(61)41(58)38(29)51(54,3)4)36(26-37-53(44,28-67-37)71-30(2)57)69-49(64)42(59)39(55)31-18-10-6-11-19-31/h6-25,35-37,39-44,46,58-60,66H,26-28,55H2,1-5H3,(H,56,62)/t35-,36-,37+,39?,40-,41+,42?,43+,44?,46-,52+,53-,54+/m0/s1. The van der Waals surface area contributed by atoms with Crippen molar-refractivity contribution in [3.8, 4) is 0 Å². The molecule has 4 aromatic rings. The van der Waals surface area contributed by atoms with Gasteiger partial charge in [-0.25, -0.2) is 14.4 Å². The second kappa shape index (κ2) is 19.5. The number of fused-ring (bicyclic) bond motifs is 5. The van der Waals surface area contributed by atoms with Crippen LogP contribution in [0.25, 0.3) is 0 Å². The van der Waals surface area contributed by atoms with E-state index in [1.54, 1.807) is 109 Å². The summed E-state index contributed by atoms with van der Waals surface area (Å²) in [5, 5.41) is 52.5. The minimum Gasteiger partial charge on any atom is -0.459 e. The molecule has 17 nitrogen and oxygen atoms in total. The predicted molar refractivity (Wildman–Crippen MR) is 251 cm³/mol. The monoisotopic (exact) mass is 974 g/mol. The van der Waals surface area contributed by atoms with Gasteiger partial charge in [-0.3, -0.25) is 14.4 Å². The van der Waals surface area contributed by atoms with E-state index in [1.165, 1.54) is 39.8 Å². The lowest BCUT2D eigenvalue weighted by Gasteiger charge is -2.67. The van der Waals surface area contributed by atoms with Crippen LogP contribution in [0.5, 0.6) is 0 Å². The molecule has 3 fully saturated rings. The summed E-state index contributed by atoms with van der Waals surface area (Å²) in [6.45, 7) is 6.57. The maximum absolute atomic E-state index is 15.8. The minimum atomic E-state index is -2.50. The van der Waals surface area contributed by atoms with Gasteiger partial charge in [-0.2, -0.15) is 0 Å². The molecule has 1 aliphatic heterocycles. The van der Waals surface area contributed by atoms with E-state index in [0.717, 1.165) is 6.92 Å². The summed E-state index contributed by atoms with van der Waals surface area (Å²) in [5.74, 6) is -7.70. The van der Waals surface area contributed by atoms with Crippen LogP contribution in [0.4, 0.5) is 0 Å². The normalized spacial score (nSPS) is 30.2. The Morgan fingerprint density at radius 3 is 1.85 bits per heavy atom. The number of esters is 4. The van der Waals surface area contributed by atoms with Crippen molar-refractivity contribution in [2.24, 2.45) is 22.5 Å². The third kappa shape index (κ3) is 8.84. The van der Waals surface area contributed by atoms with Gasteiger partial charge in [0.15, 0.2) is 23.6 Å². The second-order valence-electron chi connectivity index (χ2n) is 19.6. The molecule has 4 aromatic carbocycles. The van der Waals surface area contributed by atoms with Crippen molar-refractivity contribution in [1.82, 2.24) is 5.32 Å². The molecule has 3 unspecified atom stereocenters. The van der Waals surface area contributed by atoms with Gasteiger partial charge in [-0.05, 0) is 60.4 Å². The third-order valence-corrected chi connectivity index (χ3v) is 15.2. The Balaban J connectivity index is 1.25. The van der Waals surface area contributed by atoms with Crippen molar-refractivity contribution >= 4 is 35.6 Å². The Labute approximate surface area is 409 Å². The topological polar surface area (TPSA) is 268 Å². The van der Waals surface area contributed by atoms with Crippen molar-refractivity contribution in [2.45, 2.75) is 113 Å². The number of aliphatic hydroxyl groups is 4. The number of hydrogen-bond acceptors (Lipinski definition) is 16. The molecule has 1 heterocycles. The maximum atomic E-state index is 15.8. The average Bonchev–Trinajstić information content (AvgIpc) is 3.36. The number of ketones is 1. The van der Waals surface area contributed by atoms with E-state index in [9.17, 15) is 44.4 Å². The lowest BCUT2D eigenvalue weighted by Crippen LogP contribution is -2.82. The Hall–Kier alpha value is -6.60. The smallest absolute Gasteiger partial charge is 0.338 e. The number of carbonyl (C=O) groups excluding carboxylic acids is 6. The summed E-state index contributed by atoms with van der Waals surface area (Å²) in [6.07, 6.45) is -13.5. The zero-order valence-electron chi connectivity index (χ0n) is 39.8. The van der Waals surface area contributed by atoms with E-state index >= 15 is 4.79 Å². The highest BCUT2D eigenvalue weighted by Crippen LogP contribution is 2.64. The molecule has 71 heavy (non-hydrogen) atoms. The fourth-order valence-corrected chi connectivity index (χ4v) is 11.3. The molecule has 2 bridgehead atoms. The van der Waals surface area contributed by atoms with E-state index in [-0.39, 0.29) is 28.7 Å². The zero-order chi connectivity index (χ0) is 51.2. The van der Waals surface area contributed by atoms with E-state index in [0.29, 0.717) is 11.1 Å². The number of carbonyl (C=O) groups is 6. The quantitative estimate of drug-likeness (QED) is 0.0633. The fraction of sp³-hybridized carbons (Fsp3) is 0.407. The molecule has 4 aliphatic rings. The van der Waals surface area contributed by atoms with Gasteiger partial charge in [0, 0.05) is 30.7 Å². The van der Waals surface area contributed by atoms with Crippen molar-refractivity contribution in [2.75, 3.05) is 6.61 Å². The molecule has 0 spiro atoms. The molecule has 13 atom stereocenters. The Morgan fingerprint density at radius 1 is 0.761 bits per heavy atom. The largest absolute Gasteiger partial charge is 0.459 e. The van der Waals surface area contributed by atoms with Crippen LogP contribution in [-0.2, 0) is 42.9 Å². The van der Waals surface area contributed by atoms with Crippen molar-refractivity contribution < 1.29 is 72.9 Å². The molecule has 8 rings (SSSR count).